The summed E-state index contributed by atoms with van der Waals surface area (Å²) in [7, 11) is -3.25. The Bertz CT molecular complexity index is 738. The van der Waals surface area contributed by atoms with Crippen LogP contribution >= 0.6 is 0 Å². The maximum atomic E-state index is 12.5. The van der Waals surface area contributed by atoms with Crippen LogP contribution in [0.2, 0.25) is 0 Å². The Labute approximate surface area is 142 Å². The molecule has 2 amide bonds. The summed E-state index contributed by atoms with van der Waals surface area (Å²) >= 11 is 0. The topological polar surface area (TPSA) is 74.8 Å². The molecule has 1 fully saturated rings. The minimum Gasteiger partial charge on any atom is -0.273 e. The van der Waals surface area contributed by atoms with Crippen molar-refractivity contribution >= 4 is 21.7 Å². The van der Waals surface area contributed by atoms with Crippen molar-refractivity contribution in [2.75, 3.05) is 19.3 Å². The van der Waals surface area contributed by atoms with Gasteiger partial charge in [0.15, 0.2) is 9.84 Å². The quantitative estimate of drug-likeness (QED) is 0.756. The van der Waals surface area contributed by atoms with Crippen LogP contribution in [0.4, 0.5) is 0 Å². The molecule has 0 atom stereocenters. The fraction of sp³-hybridized carbons (Fsp3) is 0.412. The number of nitrogens with zero attached hydrogens (tertiary/aromatic N) is 2. The van der Waals surface area contributed by atoms with E-state index >= 15 is 0 Å². The molecule has 0 unspecified atom stereocenters. The average molecular weight is 350 g/mol. The Morgan fingerprint density at radius 1 is 1.08 bits per heavy atom. The predicted molar refractivity (Wildman–Crippen MR) is 90.7 cm³/mol. The van der Waals surface area contributed by atoms with Gasteiger partial charge in [0, 0.05) is 25.8 Å². The molecule has 1 saturated heterocycles. The number of sulfone groups is 1. The van der Waals surface area contributed by atoms with Crippen LogP contribution < -0.4 is 0 Å². The Morgan fingerprint density at radius 2 is 1.67 bits per heavy atom. The summed E-state index contributed by atoms with van der Waals surface area (Å²) in [5, 5.41) is 3.00. The van der Waals surface area contributed by atoms with Gasteiger partial charge in [-0.15, -0.1) is 0 Å². The molecule has 0 aliphatic carbocycles. The summed E-state index contributed by atoms with van der Waals surface area (Å²) in [6.07, 6.45) is 5.91. The number of benzene rings is 1. The molecule has 1 aromatic carbocycles. The Balaban J connectivity index is 2.04. The standard InChI is InChI=1S/C17H22N2O4S/c1-3-4-6-16(20)18-11-5-12-19(18)17(21)13-14-7-9-15(10-8-14)24(2,22)23/h3-4,7-10H,5-6,11-13H2,1-2H3. The third kappa shape index (κ3) is 4.44. The molecule has 0 aromatic heterocycles. The highest BCUT2D eigenvalue weighted by Crippen LogP contribution is 2.16. The van der Waals surface area contributed by atoms with Crippen molar-refractivity contribution in [3.8, 4) is 0 Å². The van der Waals surface area contributed by atoms with Crippen LogP contribution in [0.15, 0.2) is 41.3 Å². The summed E-state index contributed by atoms with van der Waals surface area (Å²) in [6, 6.07) is 6.26. The summed E-state index contributed by atoms with van der Waals surface area (Å²) in [6.45, 7) is 2.93. The van der Waals surface area contributed by atoms with E-state index in [-0.39, 0.29) is 29.6 Å². The van der Waals surface area contributed by atoms with Crippen molar-refractivity contribution in [1.82, 2.24) is 10.0 Å². The van der Waals surface area contributed by atoms with Crippen LogP contribution in [0.1, 0.15) is 25.3 Å². The Morgan fingerprint density at radius 3 is 2.21 bits per heavy atom. The van der Waals surface area contributed by atoms with Crippen molar-refractivity contribution in [3.05, 3.63) is 42.0 Å². The van der Waals surface area contributed by atoms with Gasteiger partial charge < -0.3 is 0 Å². The molecule has 1 aromatic rings. The van der Waals surface area contributed by atoms with Crippen molar-refractivity contribution in [2.45, 2.75) is 31.1 Å². The number of hydrazine groups is 1. The van der Waals surface area contributed by atoms with Crippen LogP contribution in [0.5, 0.6) is 0 Å². The molecule has 1 heterocycles. The zero-order valence-corrected chi connectivity index (χ0v) is 14.8. The van der Waals surface area contributed by atoms with Gasteiger partial charge in [0.1, 0.15) is 0 Å². The van der Waals surface area contributed by atoms with Crippen molar-refractivity contribution in [3.63, 3.8) is 0 Å². The highest BCUT2D eigenvalue weighted by Gasteiger charge is 2.29. The van der Waals surface area contributed by atoms with Gasteiger partial charge in [-0.05, 0) is 31.0 Å². The molecule has 7 heteroatoms. The third-order valence-corrected chi connectivity index (χ3v) is 4.97. The number of allylic oxidation sites excluding steroid dienone is 1. The van der Waals surface area contributed by atoms with Crippen LogP contribution in [0.3, 0.4) is 0 Å². The first-order valence-corrected chi connectivity index (χ1v) is 9.73. The van der Waals surface area contributed by atoms with E-state index < -0.39 is 9.84 Å². The van der Waals surface area contributed by atoms with Gasteiger partial charge in [0.25, 0.3) is 0 Å². The molecule has 0 bridgehead atoms. The zero-order chi connectivity index (χ0) is 17.7. The normalized spacial score (nSPS) is 15.2. The van der Waals surface area contributed by atoms with Gasteiger partial charge in [0.2, 0.25) is 11.8 Å². The second-order valence-corrected chi connectivity index (χ2v) is 7.77. The van der Waals surface area contributed by atoms with Crippen LogP contribution in [0.25, 0.3) is 0 Å². The van der Waals surface area contributed by atoms with Gasteiger partial charge in [-0.25, -0.2) is 8.42 Å². The van der Waals surface area contributed by atoms with Crippen LogP contribution in [-0.4, -0.2) is 49.6 Å². The van der Waals surface area contributed by atoms with Gasteiger partial charge in [-0.3, -0.25) is 19.6 Å². The molecule has 0 radical (unpaired) electrons. The number of carbonyl (C=O) groups is 2. The molecular weight excluding hydrogens is 328 g/mol. The molecule has 0 N–H and O–H groups in total. The molecule has 0 saturated carbocycles. The molecule has 130 valence electrons. The summed E-state index contributed by atoms with van der Waals surface area (Å²) in [4.78, 5) is 24.8. The lowest BCUT2D eigenvalue weighted by Crippen LogP contribution is -2.45. The number of rotatable bonds is 5. The van der Waals surface area contributed by atoms with E-state index in [2.05, 4.69) is 0 Å². The van der Waals surface area contributed by atoms with Gasteiger partial charge in [-0.1, -0.05) is 24.3 Å². The van der Waals surface area contributed by atoms with Crippen molar-refractivity contribution in [1.29, 1.82) is 0 Å². The molecule has 0 spiro atoms. The van der Waals surface area contributed by atoms with Crippen LogP contribution in [-0.2, 0) is 25.8 Å². The lowest BCUT2D eigenvalue weighted by atomic mass is 10.1. The van der Waals surface area contributed by atoms with Gasteiger partial charge in [0.05, 0.1) is 11.3 Å². The lowest BCUT2D eigenvalue weighted by molar-refractivity contribution is -0.156. The van der Waals surface area contributed by atoms with Gasteiger partial charge >= 0.3 is 0 Å². The predicted octanol–water partition coefficient (Wildman–Crippen LogP) is 1.57. The second kappa shape index (κ2) is 7.61. The minimum absolute atomic E-state index is 0.0913. The number of amides is 2. The maximum Gasteiger partial charge on any atom is 0.245 e. The fourth-order valence-electron chi connectivity index (χ4n) is 2.57. The van der Waals surface area contributed by atoms with E-state index in [1.807, 2.05) is 13.0 Å². The van der Waals surface area contributed by atoms with Gasteiger partial charge in [-0.2, -0.15) is 0 Å². The van der Waals surface area contributed by atoms with Crippen molar-refractivity contribution < 1.29 is 18.0 Å². The molecule has 6 nitrogen and oxygen atoms in total. The summed E-state index contributed by atoms with van der Waals surface area (Å²) in [5.41, 5.74) is 0.722. The highest BCUT2D eigenvalue weighted by atomic mass is 32.2. The van der Waals surface area contributed by atoms with E-state index in [0.717, 1.165) is 18.2 Å². The highest BCUT2D eigenvalue weighted by molar-refractivity contribution is 7.90. The summed E-state index contributed by atoms with van der Waals surface area (Å²) < 4.78 is 22.9. The van der Waals surface area contributed by atoms with Crippen molar-refractivity contribution in [2.24, 2.45) is 0 Å². The average Bonchev–Trinajstić information content (AvgIpc) is 3.02. The number of hydrogen-bond acceptors (Lipinski definition) is 4. The molecule has 1 aliphatic heterocycles. The molecule has 2 rings (SSSR count). The fourth-order valence-corrected chi connectivity index (χ4v) is 3.21. The Hall–Kier alpha value is -2.15. The molecular formula is C17H22N2O4S. The van der Waals surface area contributed by atoms with E-state index in [4.69, 9.17) is 0 Å². The largest absolute Gasteiger partial charge is 0.273 e. The van der Waals surface area contributed by atoms with E-state index in [1.165, 1.54) is 22.2 Å². The zero-order valence-electron chi connectivity index (χ0n) is 13.9. The third-order valence-electron chi connectivity index (χ3n) is 3.84. The number of hydrogen-bond donors (Lipinski definition) is 0. The first-order valence-electron chi connectivity index (χ1n) is 7.83. The molecule has 24 heavy (non-hydrogen) atoms. The second-order valence-electron chi connectivity index (χ2n) is 5.75. The SMILES string of the molecule is CC=CCC(=O)N1CCCN1C(=O)Cc1ccc(S(C)(=O)=O)cc1. The maximum absolute atomic E-state index is 12.5. The van der Waals surface area contributed by atoms with Crippen LogP contribution in [0, 0.1) is 0 Å². The first kappa shape index (κ1) is 18.2. The first-order chi connectivity index (χ1) is 11.3. The van der Waals surface area contributed by atoms with E-state index in [0.29, 0.717) is 13.1 Å². The Kier molecular flexibility index (Phi) is 5.77. The smallest absolute Gasteiger partial charge is 0.245 e. The summed E-state index contributed by atoms with van der Waals surface area (Å²) in [5.74, 6) is -0.250. The molecule has 1 aliphatic rings. The minimum atomic E-state index is -3.25. The monoisotopic (exact) mass is 350 g/mol. The lowest BCUT2D eigenvalue weighted by Gasteiger charge is -2.27. The van der Waals surface area contributed by atoms with E-state index in [1.54, 1.807) is 18.2 Å². The number of carbonyl (C=O) groups excluding carboxylic acids is 2. The van der Waals surface area contributed by atoms with E-state index in [9.17, 15) is 18.0 Å².